The van der Waals surface area contributed by atoms with Crippen LogP contribution in [0.1, 0.15) is 36.8 Å². The Labute approximate surface area is 176 Å². The quantitative estimate of drug-likeness (QED) is 0.811. The van der Waals surface area contributed by atoms with Gasteiger partial charge < -0.3 is 15.0 Å². The summed E-state index contributed by atoms with van der Waals surface area (Å²) in [7, 11) is 0. The largest absolute Gasteiger partial charge is 0.381 e. The van der Waals surface area contributed by atoms with Crippen molar-refractivity contribution in [3.8, 4) is 0 Å². The van der Waals surface area contributed by atoms with Crippen molar-refractivity contribution in [1.82, 2.24) is 5.32 Å². The number of nitrogens with zero attached hydrogens (tertiary/aromatic N) is 1. The fourth-order valence-electron chi connectivity index (χ4n) is 4.20. The second-order valence-electron chi connectivity index (χ2n) is 7.70. The van der Waals surface area contributed by atoms with Gasteiger partial charge >= 0.3 is 0 Å². The molecule has 0 bridgehead atoms. The van der Waals surface area contributed by atoms with E-state index in [0.29, 0.717) is 44.0 Å². The maximum Gasteiger partial charge on any atom is 0.231 e. The van der Waals surface area contributed by atoms with Gasteiger partial charge in [-0.25, -0.2) is 0 Å². The molecule has 0 spiro atoms. The second kappa shape index (κ2) is 8.56. The summed E-state index contributed by atoms with van der Waals surface area (Å²) in [6, 6.07) is 15.4. The van der Waals surface area contributed by atoms with Gasteiger partial charge in [-0.15, -0.1) is 0 Å². The van der Waals surface area contributed by atoms with Gasteiger partial charge in [0.15, 0.2) is 0 Å². The van der Waals surface area contributed by atoms with E-state index in [9.17, 15) is 9.59 Å². The number of rotatable bonds is 5. The smallest absolute Gasteiger partial charge is 0.231 e. The van der Waals surface area contributed by atoms with E-state index in [2.05, 4.69) is 5.32 Å². The van der Waals surface area contributed by atoms with E-state index in [0.717, 1.165) is 29.8 Å². The Balaban J connectivity index is 1.45. The molecule has 152 valence electrons. The molecule has 0 aromatic heterocycles. The van der Waals surface area contributed by atoms with Crippen LogP contribution in [-0.2, 0) is 26.3 Å². The number of ether oxygens (including phenoxy) is 1. The number of anilines is 1. The Morgan fingerprint density at radius 1 is 1.07 bits per heavy atom. The highest BCUT2D eigenvalue weighted by Gasteiger charge is 2.41. The van der Waals surface area contributed by atoms with Crippen molar-refractivity contribution in [3.05, 3.63) is 64.7 Å². The van der Waals surface area contributed by atoms with Gasteiger partial charge in [0.05, 0.1) is 5.41 Å². The fraction of sp³-hybridized carbons (Fsp3) is 0.391. The molecule has 0 saturated carbocycles. The zero-order valence-corrected chi connectivity index (χ0v) is 17.1. The van der Waals surface area contributed by atoms with Crippen molar-refractivity contribution in [1.29, 1.82) is 0 Å². The third-order valence-corrected chi connectivity index (χ3v) is 6.20. The topological polar surface area (TPSA) is 58.6 Å². The van der Waals surface area contributed by atoms with Crippen LogP contribution in [0.5, 0.6) is 0 Å². The van der Waals surface area contributed by atoms with E-state index in [1.807, 2.05) is 53.4 Å². The first-order valence-corrected chi connectivity index (χ1v) is 10.5. The molecule has 2 amide bonds. The Kier molecular flexibility index (Phi) is 5.88. The molecular formula is C23H25ClN2O3. The van der Waals surface area contributed by atoms with Crippen LogP contribution in [0.15, 0.2) is 48.5 Å². The van der Waals surface area contributed by atoms with Crippen molar-refractivity contribution in [2.45, 2.75) is 37.6 Å². The lowest BCUT2D eigenvalue weighted by atomic mass is 9.73. The van der Waals surface area contributed by atoms with E-state index in [1.54, 1.807) is 0 Å². The van der Waals surface area contributed by atoms with Gasteiger partial charge in [0, 0.05) is 43.4 Å². The van der Waals surface area contributed by atoms with Crippen LogP contribution in [0.25, 0.3) is 0 Å². The molecule has 0 unspecified atom stereocenters. The monoisotopic (exact) mass is 412 g/mol. The maximum absolute atomic E-state index is 13.2. The normalized spacial score (nSPS) is 18.7. The summed E-state index contributed by atoms with van der Waals surface area (Å²) < 4.78 is 5.52. The molecule has 0 radical (unpaired) electrons. The number of nitrogens with one attached hydrogen (secondary N) is 1. The first-order chi connectivity index (χ1) is 14.1. The predicted molar refractivity (Wildman–Crippen MR) is 113 cm³/mol. The van der Waals surface area contributed by atoms with Crippen LogP contribution >= 0.6 is 11.6 Å². The lowest BCUT2D eigenvalue weighted by molar-refractivity contribution is -0.130. The minimum Gasteiger partial charge on any atom is -0.381 e. The highest BCUT2D eigenvalue weighted by atomic mass is 35.5. The Morgan fingerprint density at radius 3 is 2.38 bits per heavy atom. The molecule has 2 aromatic carbocycles. The fourth-order valence-corrected chi connectivity index (χ4v) is 4.33. The summed E-state index contributed by atoms with van der Waals surface area (Å²) in [5.74, 6) is 0.192. The molecule has 6 heteroatoms. The van der Waals surface area contributed by atoms with Gasteiger partial charge in [-0.05, 0) is 54.7 Å². The SMILES string of the molecule is O=C1CCCN1c1ccc(CNC(=O)C2(c3ccc(Cl)cc3)CCOCC2)cc1. The van der Waals surface area contributed by atoms with Crippen molar-refractivity contribution in [3.63, 3.8) is 0 Å². The molecule has 2 aromatic rings. The molecule has 2 aliphatic heterocycles. The minimum atomic E-state index is -0.593. The van der Waals surface area contributed by atoms with Gasteiger partial charge in [-0.2, -0.15) is 0 Å². The van der Waals surface area contributed by atoms with Crippen LogP contribution in [0, 0.1) is 0 Å². The van der Waals surface area contributed by atoms with Crippen molar-refractivity contribution < 1.29 is 14.3 Å². The minimum absolute atomic E-state index is 0.0157. The van der Waals surface area contributed by atoms with Gasteiger partial charge in [-0.1, -0.05) is 35.9 Å². The Hall–Kier alpha value is -2.37. The lowest BCUT2D eigenvalue weighted by Gasteiger charge is -2.36. The van der Waals surface area contributed by atoms with Crippen molar-refractivity contribution >= 4 is 29.1 Å². The first kappa shape index (κ1) is 19.9. The molecular weight excluding hydrogens is 388 g/mol. The Morgan fingerprint density at radius 2 is 1.76 bits per heavy atom. The summed E-state index contributed by atoms with van der Waals surface area (Å²) in [4.78, 5) is 27.0. The molecule has 0 aliphatic carbocycles. The summed E-state index contributed by atoms with van der Waals surface area (Å²) in [5, 5.41) is 3.77. The maximum atomic E-state index is 13.2. The molecule has 0 atom stereocenters. The highest BCUT2D eigenvalue weighted by molar-refractivity contribution is 6.30. The number of halogens is 1. The van der Waals surface area contributed by atoms with E-state index in [4.69, 9.17) is 16.3 Å². The standard InChI is InChI=1S/C23H25ClN2O3/c24-19-7-5-18(6-8-19)23(11-14-29-15-12-23)22(28)25-16-17-3-9-20(10-4-17)26-13-1-2-21(26)27/h3-10H,1-2,11-16H2,(H,25,28). The van der Waals surface area contributed by atoms with E-state index >= 15 is 0 Å². The number of amides is 2. The summed E-state index contributed by atoms with van der Waals surface area (Å²) in [6.07, 6.45) is 2.83. The third kappa shape index (κ3) is 4.16. The van der Waals surface area contributed by atoms with Crippen LogP contribution in [0.2, 0.25) is 5.02 Å². The van der Waals surface area contributed by atoms with Crippen LogP contribution in [0.4, 0.5) is 5.69 Å². The molecule has 4 rings (SSSR count). The Bertz CT molecular complexity index is 874. The number of hydrogen-bond donors (Lipinski definition) is 1. The van der Waals surface area contributed by atoms with Crippen molar-refractivity contribution in [2.24, 2.45) is 0 Å². The van der Waals surface area contributed by atoms with Gasteiger partial charge in [0.1, 0.15) is 0 Å². The summed E-state index contributed by atoms with van der Waals surface area (Å²) in [5.41, 5.74) is 2.31. The molecule has 2 fully saturated rings. The molecule has 5 nitrogen and oxygen atoms in total. The van der Waals surface area contributed by atoms with Gasteiger partial charge in [0.25, 0.3) is 0 Å². The molecule has 29 heavy (non-hydrogen) atoms. The van der Waals surface area contributed by atoms with Crippen LogP contribution in [-0.4, -0.2) is 31.6 Å². The molecule has 2 heterocycles. The van der Waals surface area contributed by atoms with Crippen LogP contribution < -0.4 is 10.2 Å². The number of carbonyl (C=O) groups excluding carboxylic acids is 2. The zero-order chi connectivity index (χ0) is 20.3. The first-order valence-electron chi connectivity index (χ1n) is 10.1. The lowest BCUT2D eigenvalue weighted by Crippen LogP contribution is -2.47. The highest BCUT2D eigenvalue weighted by Crippen LogP contribution is 2.36. The second-order valence-corrected chi connectivity index (χ2v) is 8.14. The zero-order valence-electron chi connectivity index (χ0n) is 16.3. The molecule has 2 aliphatic rings. The third-order valence-electron chi connectivity index (χ3n) is 5.95. The summed E-state index contributed by atoms with van der Waals surface area (Å²) >= 11 is 6.04. The van der Waals surface area contributed by atoms with Gasteiger partial charge in [-0.3, -0.25) is 9.59 Å². The number of benzene rings is 2. The van der Waals surface area contributed by atoms with E-state index < -0.39 is 5.41 Å². The molecule has 2 saturated heterocycles. The van der Waals surface area contributed by atoms with Crippen LogP contribution in [0.3, 0.4) is 0 Å². The van der Waals surface area contributed by atoms with Gasteiger partial charge in [0.2, 0.25) is 11.8 Å². The number of hydrogen-bond acceptors (Lipinski definition) is 3. The average molecular weight is 413 g/mol. The van der Waals surface area contributed by atoms with E-state index in [-0.39, 0.29) is 11.8 Å². The average Bonchev–Trinajstić information content (AvgIpc) is 3.19. The predicted octanol–water partition coefficient (Wildman–Crippen LogP) is 3.83. The molecule has 1 N–H and O–H groups in total. The van der Waals surface area contributed by atoms with Crippen molar-refractivity contribution in [2.75, 3.05) is 24.7 Å². The summed E-state index contributed by atoms with van der Waals surface area (Å²) in [6.45, 7) is 2.35. The number of carbonyl (C=O) groups is 2. The van der Waals surface area contributed by atoms with E-state index in [1.165, 1.54) is 0 Å².